The number of hydrogen-bond donors (Lipinski definition) is 2. The quantitative estimate of drug-likeness (QED) is 0.568. The van der Waals surface area contributed by atoms with Crippen LogP contribution in [0, 0.1) is 10.1 Å². The Balaban J connectivity index is 3.02. The third kappa shape index (κ3) is 2.31. The van der Waals surface area contributed by atoms with E-state index < -0.39 is 10.3 Å². The molecule has 0 radical (unpaired) electrons. The van der Waals surface area contributed by atoms with Gasteiger partial charge in [-0.2, -0.15) is 0 Å². The fourth-order valence-electron chi connectivity index (χ4n) is 1.26. The lowest BCUT2D eigenvalue weighted by Crippen LogP contribution is -2.35. The van der Waals surface area contributed by atoms with Crippen molar-refractivity contribution in [2.24, 2.45) is 5.73 Å². The zero-order valence-electron chi connectivity index (χ0n) is 8.51. The molecule has 0 spiro atoms. The summed E-state index contributed by atoms with van der Waals surface area (Å²) in [5.74, 6) is 0. The van der Waals surface area contributed by atoms with Gasteiger partial charge in [-0.15, -0.1) is 0 Å². The lowest BCUT2D eigenvalue weighted by atomic mass is 9.83. The summed E-state index contributed by atoms with van der Waals surface area (Å²) in [6.07, 6.45) is 0. The van der Waals surface area contributed by atoms with Crippen LogP contribution in [0.15, 0.2) is 24.3 Å². The van der Waals surface area contributed by atoms with Gasteiger partial charge in [0.05, 0.1) is 11.5 Å². The molecule has 0 amide bonds. The van der Waals surface area contributed by atoms with Gasteiger partial charge in [0.1, 0.15) is 0 Å². The van der Waals surface area contributed by atoms with Crippen molar-refractivity contribution in [2.45, 2.75) is 12.3 Å². The first kappa shape index (κ1) is 11.6. The Bertz CT molecular complexity index is 344. The summed E-state index contributed by atoms with van der Waals surface area (Å²) >= 11 is 0. The molecular weight excluding hydrogens is 196 g/mol. The Hall–Kier alpha value is -1.46. The first-order chi connectivity index (χ1) is 7.03. The summed E-state index contributed by atoms with van der Waals surface area (Å²) in [4.78, 5) is 9.98. The van der Waals surface area contributed by atoms with E-state index in [-0.39, 0.29) is 12.3 Å². The molecule has 1 aromatic carbocycles. The Kier molecular flexibility index (Phi) is 3.39. The van der Waals surface area contributed by atoms with Crippen molar-refractivity contribution in [3.05, 3.63) is 39.9 Å². The van der Waals surface area contributed by atoms with Gasteiger partial charge in [-0.1, -0.05) is 19.1 Å². The number of nitro benzene ring substituents is 1. The molecule has 3 N–H and O–H groups in total. The van der Waals surface area contributed by atoms with Gasteiger partial charge in [0, 0.05) is 24.1 Å². The third-order valence-corrected chi connectivity index (χ3v) is 2.57. The summed E-state index contributed by atoms with van der Waals surface area (Å²) < 4.78 is 0. The van der Waals surface area contributed by atoms with Crippen LogP contribution >= 0.6 is 0 Å². The Morgan fingerprint density at radius 3 is 2.33 bits per heavy atom. The maximum atomic E-state index is 10.4. The van der Waals surface area contributed by atoms with Crippen molar-refractivity contribution >= 4 is 5.69 Å². The number of benzene rings is 1. The summed E-state index contributed by atoms with van der Waals surface area (Å²) in [7, 11) is 0. The minimum absolute atomic E-state index is 0.0380. The monoisotopic (exact) mass is 210 g/mol. The second-order valence-electron chi connectivity index (χ2n) is 3.73. The predicted octanol–water partition coefficient (Wildman–Crippen LogP) is 0.804. The molecule has 0 saturated carbocycles. The van der Waals surface area contributed by atoms with Crippen LogP contribution < -0.4 is 5.73 Å². The molecule has 5 heteroatoms. The molecule has 0 aromatic heterocycles. The van der Waals surface area contributed by atoms with E-state index in [1.54, 1.807) is 12.1 Å². The van der Waals surface area contributed by atoms with Crippen LogP contribution in [0.25, 0.3) is 0 Å². The Morgan fingerprint density at radius 1 is 1.47 bits per heavy atom. The van der Waals surface area contributed by atoms with Crippen LogP contribution in [-0.2, 0) is 5.41 Å². The molecular formula is C10H14N2O3. The van der Waals surface area contributed by atoms with E-state index in [0.29, 0.717) is 6.54 Å². The number of non-ortho nitro benzene ring substituents is 1. The van der Waals surface area contributed by atoms with Gasteiger partial charge in [-0.3, -0.25) is 10.1 Å². The van der Waals surface area contributed by atoms with Crippen LogP contribution in [0.1, 0.15) is 12.5 Å². The Morgan fingerprint density at radius 2 is 2.00 bits per heavy atom. The van der Waals surface area contributed by atoms with E-state index >= 15 is 0 Å². The smallest absolute Gasteiger partial charge is 0.269 e. The maximum Gasteiger partial charge on any atom is 0.269 e. The highest BCUT2D eigenvalue weighted by Crippen LogP contribution is 2.24. The SMILES string of the molecule is CC(CN)(CO)c1ccc([N+](=O)[O-])cc1. The van der Waals surface area contributed by atoms with Gasteiger partial charge in [-0.05, 0) is 5.56 Å². The zero-order valence-corrected chi connectivity index (χ0v) is 8.51. The van der Waals surface area contributed by atoms with Gasteiger partial charge in [0.25, 0.3) is 5.69 Å². The van der Waals surface area contributed by atoms with Gasteiger partial charge in [-0.25, -0.2) is 0 Å². The minimum Gasteiger partial charge on any atom is -0.395 e. The van der Waals surface area contributed by atoms with E-state index in [1.165, 1.54) is 12.1 Å². The first-order valence-electron chi connectivity index (χ1n) is 4.59. The molecule has 1 atom stereocenters. The van der Waals surface area contributed by atoms with Crippen molar-refractivity contribution in [2.75, 3.05) is 13.2 Å². The summed E-state index contributed by atoms with van der Waals surface area (Å²) in [5.41, 5.74) is 5.86. The number of aliphatic hydroxyl groups is 1. The number of hydrogen-bond acceptors (Lipinski definition) is 4. The average molecular weight is 210 g/mol. The normalized spacial score (nSPS) is 14.6. The standard InChI is InChI=1S/C10H14N2O3/c1-10(6-11,7-13)8-2-4-9(5-3-8)12(14)15/h2-5,13H,6-7,11H2,1H3. The number of nitro groups is 1. The second-order valence-corrected chi connectivity index (χ2v) is 3.73. The molecule has 0 heterocycles. The van der Waals surface area contributed by atoms with Crippen molar-refractivity contribution in [1.82, 2.24) is 0 Å². The molecule has 15 heavy (non-hydrogen) atoms. The van der Waals surface area contributed by atoms with Crippen molar-refractivity contribution in [3.8, 4) is 0 Å². The van der Waals surface area contributed by atoms with Crippen LogP contribution in [-0.4, -0.2) is 23.2 Å². The maximum absolute atomic E-state index is 10.4. The fraction of sp³-hybridized carbons (Fsp3) is 0.400. The van der Waals surface area contributed by atoms with Crippen LogP contribution in [0.2, 0.25) is 0 Å². The molecule has 0 saturated heterocycles. The van der Waals surface area contributed by atoms with Gasteiger partial charge >= 0.3 is 0 Å². The molecule has 0 aliphatic rings. The van der Waals surface area contributed by atoms with E-state index in [9.17, 15) is 15.2 Å². The van der Waals surface area contributed by atoms with Gasteiger partial charge in [0.15, 0.2) is 0 Å². The summed E-state index contributed by atoms with van der Waals surface area (Å²) in [6, 6.07) is 6.08. The largest absolute Gasteiger partial charge is 0.395 e. The summed E-state index contributed by atoms with van der Waals surface area (Å²) in [6.45, 7) is 2.02. The third-order valence-electron chi connectivity index (χ3n) is 2.57. The van der Waals surface area contributed by atoms with Gasteiger partial charge in [0.2, 0.25) is 0 Å². The molecule has 0 aliphatic carbocycles. The van der Waals surface area contributed by atoms with Crippen molar-refractivity contribution in [3.63, 3.8) is 0 Å². The Labute approximate surface area is 87.7 Å². The van der Waals surface area contributed by atoms with Crippen molar-refractivity contribution < 1.29 is 10.0 Å². The molecule has 1 aromatic rings. The average Bonchev–Trinajstić information content (AvgIpc) is 2.28. The minimum atomic E-state index is -0.533. The highest BCUT2D eigenvalue weighted by molar-refractivity contribution is 5.36. The van der Waals surface area contributed by atoms with Crippen LogP contribution in [0.5, 0.6) is 0 Å². The van der Waals surface area contributed by atoms with Crippen LogP contribution in [0.3, 0.4) is 0 Å². The molecule has 1 rings (SSSR count). The number of rotatable bonds is 4. The van der Waals surface area contributed by atoms with E-state index in [1.807, 2.05) is 6.92 Å². The topological polar surface area (TPSA) is 89.4 Å². The first-order valence-corrected chi connectivity index (χ1v) is 4.59. The lowest BCUT2D eigenvalue weighted by molar-refractivity contribution is -0.384. The van der Waals surface area contributed by atoms with Gasteiger partial charge < -0.3 is 10.8 Å². The molecule has 5 nitrogen and oxygen atoms in total. The van der Waals surface area contributed by atoms with E-state index in [2.05, 4.69) is 0 Å². The molecule has 1 unspecified atom stereocenters. The highest BCUT2D eigenvalue weighted by atomic mass is 16.6. The zero-order chi connectivity index (χ0) is 11.5. The molecule has 0 fully saturated rings. The molecule has 0 bridgehead atoms. The van der Waals surface area contributed by atoms with Crippen LogP contribution in [0.4, 0.5) is 5.69 Å². The number of nitrogens with zero attached hydrogens (tertiary/aromatic N) is 1. The number of aliphatic hydroxyl groups excluding tert-OH is 1. The molecule has 0 aliphatic heterocycles. The van der Waals surface area contributed by atoms with E-state index in [4.69, 9.17) is 5.73 Å². The number of nitrogens with two attached hydrogens (primary N) is 1. The fourth-order valence-corrected chi connectivity index (χ4v) is 1.26. The second kappa shape index (κ2) is 4.37. The summed E-state index contributed by atoms with van der Waals surface area (Å²) in [5, 5.41) is 19.6. The van der Waals surface area contributed by atoms with Crippen molar-refractivity contribution in [1.29, 1.82) is 0 Å². The van der Waals surface area contributed by atoms with E-state index in [0.717, 1.165) is 5.56 Å². The predicted molar refractivity (Wildman–Crippen MR) is 56.6 cm³/mol. The lowest BCUT2D eigenvalue weighted by Gasteiger charge is -2.25. The highest BCUT2D eigenvalue weighted by Gasteiger charge is 2.24. The molecule has 82 valence electrons.